The van der Waals surface area contributed by atoms with Gasteiger partial charge in [0.25, 0.3) is 0 Å². The molecule has 0 amide bonds. The SMILES string of the molecule is CCC[C@H](NCN)C(C)C. The molecular formula is C8H20N2. The molecule has 1 atom stereocenters. The van der Waals surface area contributed by atoms with Crippen molar-refractivity contribution in [1.29, 1.82) is 0 Å². The average Bonchev–Trinajstić information content (AvgIpc) is 1.87. The maximum absolute atomic E-state index is 5.39. The van der Waals surface area contributed by atoms with E-state index in [1.165, 1.54) is 12.8 Å². The molecule has 10 heavy (non-hydrogen) atoms. The van der Waals surface area contributed by atoms with E-state index in [9.17, 15) is 0 Å². The summed E-state index contributed by atoms with van der Waals surface area (Å²) in [6.45, 7) is 7.25. The average molecular weight is 144 g/mol. The summed E-state index contributed by atoms with van der Waals surface area (Å²) in [5.41, 5.74) is 5.39. The standard InChI is InChI=1S/C8H20N2/c1-4-5-8(7(2)3)10-6-9/h7-8,10H,4-6,9H2,1-3H3/t8-/m0/s1. The van der Waals surface area contributed by atoms with Crippen LogP contribution in [0.1, 0.15) is 33.6 Å². The maximum Gasteiger partial charge on any atom is 0.0430 e. The molecule has 0 heterocycles. The highest BCUT2D eigenvalue weighted by molar-refractivity contribution is 4.67. The first-order valence-electron chi connectivity index (χ1n) is 4.15. The Balaban J connectivity index is 3.50. The largest absolute Gasteiger partial charge is 0.318 e. The normalized spacial score (nSPS) is 14.1. The van der Waals surface area contributed by atoms with Crippen LogP contribution >= 0.6 is 0 Å². The Morgan fingerprint density at radius 2 is 2.00 bits per heavy atom. The van der Waals surface area contributed by atoms with Crippen LogP contribution in [0.2, 0.25) is 0 Å². The Kier molecular flexibility index (Phi) is 5.64. The summed E-state index contributed by atoms with van der Waals surface area (Å²) in [5.74, 6) is 0.698. The van der Waals surface area contributed by atoms with Gasteiger partial charge in [0.1, 0.15) is 0 Å². The molecule has 0 rings (SSSR count). The Morgan fingerprint density at radius 1 is 1.40 bits per heavy atom. The first-order valence-corrected chi connectivity index (χ1v) is 4.15. The van der Waals surface area contributed by atoms with Crippen molar-refractivity contribution < 1.29 is 0 Å². The van der Waals surface area contributed by atoms with Gasteiger partial charge in [-0.1, -0.05) is 27.2 Å². The zero-order valence-corrected chi connectivity index (χ0v) is 7.35. The Bertz CT molecular complexity index is 65.7. The molecule has 2 heteroatoms. The molecule has 0 spiro atoms. The van der Waals surface area contributed by atoms with E-state index in [4.69, 9.17) is 5.73 Å². The number of hydrogen-bond acceptors (Lipinski definition) is 2. The molecule has 0 fully saturated rings. The Hall–Kier alpha value is -0.0800. The number of rotatable bonds is 5. The van der Waals surface area contributed by atoms with Gasteiger partial charge in [-0.2, -0.15) is 0 Å². The molecule has 3 N–H and O–H groups in total. The second kappa shape index (κ2) is 5.69. The minimum absolute atomic E-state index is 0.600. The van der Waals surface area contributed by atoms with Gasteiger partial charge in [-0.15, -0.1) is 0 Å². The van der Waals surface area contributed by atoms with Gasteiger partial charge >= 0.3 is 0 Å². The van der Waals surface area contributed by atoms with E-state index >= 15 is 0 Å². The van der Waals surface area contributed by atoms with Gasteiger partial charge < -0.3 is 11.1 Å². The van der Waals surface area contributed by atoms with Gasteiger partial charge in [-0.25, -0.2) is 0 Å². The van der Waals surface area contributed by atoms with Crippen LogP contribution in [0.4, 0.5) is 0 Å². The molecule has 0 unspecified atom stereocenters. The molecule has 2 nitrogen and oxygen atoms in total. The zero-order valence-electron chi connectivity index (χ0n) is 7.35. The predicted molar refractivity (Wildman–Crippen MR) is 45.7 cm³/mol. The lowest BCUT2D eigenvalue weighted by molar-refractivity contribution is 0.379. The minimum atomic E-state index is 0.600. The van der Waals surface area contributed by atoms with Gasteiger partial charge in [0.15, 0.2) is 0 Å². The second-order valence-electron chi connectivity index (χ2n) is 3.05. The van der Waals surface area contributed by atoms with Gasteiger partial charge in [-0.05, 0) is 12.3 Å². The Morgan fingerprint density at radius 3 is 2.30 bits per heavy atom. The summed E-state index contributed by atoms with van der Waals surface area (Å²) in [4.78, 5) is 0. The summed E-state index contributed by atoms with van der Waals surface area (Å²) >= 11 is 0. The molecule has 0 aliphatic carbocycles. The zero-order chi connectivity index (χ0) is 7.98. The van der Waals surface area contributed by atoms with E-state index in [1.54, 1.807) is 0 Å². The van der Waals surface area contributed by atoms with E-state index in [0.717, 1.165) is 0 Å². The van der Waals surface area contributed by atoms with Gasteiger partial charge in [0, 0.05) is 12.7 Å². The lowest BCUT2D eigenvalue weighted by Crippen LogP contribution is -2.37. The van der Waals surface area contributed by atoms with Crippen molar-refractivity contribution in [2.75, 3.05) is 6.67 Å². The van der Waals surface area contributed by atoms with E-state index in [-0.39, 0.29) is 0 Å². The summed E-state index contributed by atoms with van der Waals surface area (Å²) in [7, 11) is 0. The third-order valence-corrected chi connectivity index (χ3v) is 1.78. The van der Waals surface area contributed by atoms with Crippen LogP contribution in [0, 0.1) is 5.92 Å². The summed E-state index contributed by atoms with van der Waals surface area (Å²) < 4.78 is 0. The van der Waals surface area contributed by atoms with Crippen LogP contribution in [0.5, 0.6) is 0 Å². The molecule has 62 valence electrons. The number of hydrogen-bond donors (Lipinski definition) is 2. The third-order valence-electron chi connectivity index (χ3n) is 1.78. The highest BCUT2D eigenvalue weighted by Gasteiger charge is 2.09. The van der Waals surface area contributed by atoms with E-state index in [1.807, 2.05) is 0 Å². The molecule has 0 aromatic rings. The fourth-order valence-corrected chi connectivity index (χ4v) is 1.13. The van der Waals surface area contributed by atoms with Crippen molar-refractivity contribution >= 4 is 0 Å². The topological polar surface area (TPSA) is 38.0 Å². The summed E-state index contributed by atoms with van der Waals surface area (Å²) in [6, 6.07) is 0.606. The van der Waals surface area contributed by atoms with E-state index < -0.39 is 0 Å². The van der Waals surface area contributed by atoms with Crippen molar-refractivity contribution in [2.24, 2.45) is 11.7 Å². The van der Waals surface area contributed by atoms with Crippen LogP contribution in [0.3, 0.4) is 0 Å². The van der Waals surface area contributed by atoms with Crippen molar-refractivity contribution in [2.45, 2.75) is 39.7 Å². The van der Waals surface area contributed by atoms with E-state index in [0.29, 0.717) is 18.6 Å². The van der Waals surface area contributed by atoms with Crippen LogP contribution in [-0.4, -0.2) is 12.7 Å². The third kappa shape index (κ3) is 3.85. The highest BCUT2D eigenvalue weighted by Crippen LogP contribution is 2.06. The molecule has 0 bridgehead atoms. The van der Waals surface area contributed by atoms with Crippen LogP contribution < -0.4 is 11.1 Å². The second-order valence-corrected chi connectivity index (χ2v) is 3.05. The lowest BCUT2D eigenvalue weighted by Gasteiger charge is -2.20. The van der Waals surface area contributed by atoms with Gasteiger partial charge in [0.2, 0.25) is 0 Å². The first-order chi connectivity index (χ1) is 4.72. The van der Waals surface area contributed by atoms with Crippen molar-refractivity contribution in [1.82, 2.24) is 5.32 Å². The predicted octanol–water partition coefficient (Wildman–Crippen LogP) is 1.32. The smallest absolute Gasteiger partial charge is 0.0430 e. The quantitative estimate of drug-likeness (QED) is 0.571. The van der Waals surface area contributed by atoms with Gasteiger partial charge in [0.05, 0.1) is 0 Å². The fraction of sp³-hybridized carbons (Fsp3) is 1.00. The summed E-state index contributed by atoms with van der Waals surface area (Å²) in [6.07, 6.45) is 2.46. The number of nitrogens with one attached hydrogen (secondary N) is 1. The monoisotopic (exact) mass is 144 g/mol. The Labute approximate surface area is 64.2 Å². The van der Waals surface area contributed by atoms with Crippen LogP contribution in [0.25, 0.3) is 0 Å². The molecule has 0 aliphatic rings. The van der Waals surface area contributed by atoms with Gasteiger partial charge in [-0.3, -0.25) is 0 Å². The molecule has 0 aromatic carbocycles. The molecule has 0 saturated heterocycles. The van der Waals surface area contributed by atoms with Crippen molar-refractivity contribution in [3.63, 3.8) is 0 Å². The van der Waals surface area contributed by atoms with Crippen molar-refractivity contribution in [3.05, 3.63) is 0 Å². The minimum Gasteiger partial charge on any atom is -0.318 e. The molecule has 0 aromatic heterocycles. The fourth-order valence-electron chi connectivity index (χ4n) is 1.13. The molecule has 0 radical (unpaired) electrons. The first kappa shape index (κ1) is 9.92. The summed E-state index contributed by atoms with van der Waals surface area (Å²) in [5, 5.41) is 3.26. The maximum atomic E-state index is 5.39. The molecular weight excluding hydrogens is 124 g/mol. The number of nitrogens with two attached hydrogens (primary N) is 1. The van der Waals surface area contributed by atoms with E-state index in [2.05, 4.69) is 26.1 Å². The molecule has 0 aliphatic heterocycles. The molecule has 0 saturated carbocycles. The lowest BCUT2D eigenvalue weighted by atomic mass is 10.00. The van der Waals surface area contributed by atoms with Crippen molar-refractivity contribution in [3.8, 4) is 0 Å². The van der Waals surface area contributed by atoms with Crippen LogP contribution in [0.15, 0.2) is 0 Å². The highest BCUT2D eigenvalue weighted by atomic mass is 15.0. The van der Waals surface area contributed by atoms with Crippen LogP contribution in [-0.2, 0) is 0 Å².